The van der Waals surface area contributed by atoms with Gasteiger partial charge in [0.25, 0.3) is 0 Å². The number of likely N-dealkylation sites (tertiary alicyclic amines) is 1. The first-order valence-corrected chi connectivity index (χ1v) is 11.2. The summed E-state index contributed by atoms with van der Waals surface area (Å²) in [5.74, 6) is 1.64. The topological polar surface area (TPSA) is 41.3 Å². The van der Waals surface area contributed by atoms with Gasteiger partial charge in [0, 0.05) is 37.3 Å². The molecule has 0 saturated carbocycles. The molecule has 4 nitrogen and oxygen atoms in total. The molecule has 1 fully saturated rings. The Morgan fingerprint density at radius 2 is 1.67 bits per heavy atom. The molecule has 0 amide bonds. The van der Waals surface area contributed by atoms with Gasteiger partial charge >= 0.3 is 0 Å². The van der Waals surface area contributed by atoms with E-state index in [0.717, 1.165) is 38.3 Å². The molecule has 1 aliphatic heterocycles. The minimum absolute atomic E-state index is 0.128. The molecule has 154 valence electrons. The van der Waals surface area contributed by atoms with E-state index in [4.69, 9.17) is 0 Å². The Balaban J connectivity index is 1.24. The van der Waals surface area contributed by atoms with Crippen molar-refractivity contribution in [1.82, 2.24) is 14.5 Å². The van der Waals surface area contributed by atoms with E-state index in [1.807, 2.05) is 17.8 Å². The molecule has 3 aromatic rings. The summed E-state index contributed by atoms with van der Waals surface area (Å²) in [6.07, 6.45) is 6.49. The summed E-state index contributed by atoms with van der Waals surface area (Å²) < 4.78 is 1.95. The molecule has 2 aromatic carbocycles. The van der Waals surface area contributed by atoms with Crippen molar-refractivity contribution in [2.45, 2.75) is 36.7 Å². The fraction of sp³-hybridized carbons (Fsp3) is 0.423. The molecule has 0 spiro atoms. The number of aliphatic hydroxyl groups excluding tert-OH is 1. The van der Waals surface area contributed by atoms with Crippen LogP contribution in [-0.4, -0.2) is 39.2 Å². The summed E-state index contributed by atoms with van der Waals surface area (Å²) >= 11 is 0. The predicted molar refractivity (Wildman–Crippen MR) is 117 cm³/mol. The molecule has 4 heteroatoms. The molecule has 2 heterocycles. The Bertz CT molecular complexity index is 1030. The third kappa shape index (κ3) is 2.57. The Kier molecular flexibility index (Phi) is 4.15. The van der Waals surface area contributed by atoms with E-state index in [-0.39, 0.29) is 5.41 Å². The van der Waals surface area contributed by atoms with Crippen molar-refractivity contribution in [2.75, 3.05) is 19.6 Å². The molecule has 30 heavy (non-hydrogen) atoms. The van der Waals surface area contributed by atoms with Crippen LogP contribution in [-0.2, 0) is 12.5 Å². The maximum absolute atomic E-state index is 10.8. The summed E-state index contributed by atoms with van der Waals surface area (Å²) in [6.45, 7) is 3.18. The van der Waals surface area contributed by atoms with Crippen LogP contribution in [0, 0.1) is 5.92 Å². The first-order chi connectivity index (χ1) is 14.7. The largest absolute Gasteiger partial charge is 0.385 e. The van der Waals surface area contributed by atoms with E-state index < -0.39 is 6.10 Å². The molecule has 3 aliphatic rings. The van der Waals surface area contributed by atoms with E-state index in [2.05, 4.69) is 58.4 Å². The van der Waals surface area contributed by atoms with Gasteiger partial charge in [0.05, 0.1) is 0 Å². The number of nitrogens with zero attached hydrogens (tertiary/aromatic N) is 3. The zero-order valence-electron chi connectivity index (χ0n) is 17.5. The second-order valence-electron chi connectivity index (χ2n) is 9.47. The fourth-order valence-corrected chi connectivity index (χ4v) is 6.49. The van der Waals surface area contributed by atoms with Gasteiger partial charge < -0.3 is 14.6 Å². The first-order valence-electron chi connectivity index (χ1n) is 11.2. The van der Waals surface area contributed by atoms with Crippen molar-refractivity contribution >= 4 is 0 Å². The highest BCUT2D eigenvalue weighted by atomic mass is 16.3. The van der Waals surface area contributed by atoms with Crippen LogP contribution in [0.25, 0.3) is 0 Å². The smallest absolute Gasteiger partial charge is 0.137 e. The minimum Gasteiger partial charge on any atom is -0.385 e. The van der Waals surface area contributed by atoms with Crippen LogP contribution < -0.4 is 0 Å². The Morgan fingerprint density at radius 1 is 1.03 bits per heavy atom. The van der Waals surface area contributed by atoms with Crippen LogP contribution in [0.1, 0.15) is 59.4 Å². The Morgan fingerprint density at radius 3 is 2.27 bits per heavy atom. The fourth-order valence-electron chi connectivity index (χ4n) is 6.49. The summed E-state index contributed by atoms with van der Waals surface area (Å²) in [5, 5.41) is 10.8. The van der Waals surface area contributed by atoms with Gasteiger partial charge in [-0.05, 0) is 60.5 Å². The van der Waals surface area contributed by atoms with Crippen LogP contribution in [0.5, 0.6) is 0 Å². The number of fused-ring (bicyclic) bond motifs is 8. The average Bonchev–Trinajstić information content (AvgIpc) is 3.45. The first kappa shape index (κ1) is 18.3. The van der Waals surface area contributed by atoms with E-state index in [9.17, 15) is 5.11 Å². The van der Waals surface area contributed by atoms with Crippen LogP contribution >= 0.6 is 0 Å². The molecule has 1 N–H and O–H groups in total. The van der Waals surface area contributed by atoms with Crippen molar-refractivity contribution in [3.63, 3.8) is 0 Å². The molecule has 1 atom stereocenters. The molecule has 6 rings (SSSR count). The molecule has 0 unspecified atom stereocenters. The lowest BCUT2D eigenvalue weighted by Crippen LogP contribution is -2.44. The summed E-state index contributed by atoms with van der Waals surface area (Å²) in [7, 11) is 1.96. The molecular formula is C26H29N3O. The van der Waals surface area contributed by atoms with Crippen LogP contribution in [0.15, 0.2) is 60.9 Å². The monoisotopic (exact) mass is 399 g/mol. The number of aliphatic hydroxyl groups is 1. The Hall–Kier alpha value is -2.43. The third-order valence-electron chi connectivity index (χ3n) is 7.95. The SMILES string of the molecule is Cn1ccnc1[C@@H](O)C1CCN(CC23CC(c4ccccc42)c2ccccc23)CC1. The van der Waals surface area contributed by atoms with Gasteiger partial charge in [0.1, 0.15) is 11.9 Å². The number of aromatic nitrogens is 2. The zero-order chi connectivity index (χ0) is 20.3. The van der Waals surface area contributed by atoms with Gasteiger partial charge in [0.2, 0.25) is 0 Å². The second kappa shape index (κ2) is 6.79. The summed E-state index contributed by atoms with van der Waals surface area (Å²) in [4.78, 5) is 7.01. The highest BCUT2D eigenvalue weighted by Gasteiger charge is 2.53. The van der Waals surface area contributed by atoms with Gasteiger partial charge in [-0.1, -0.05) is 48.5 Å². The maximum Gasteiger partial charge on any atom is 0.137 e. The van der Waals surface area contributed by atoms with Crippen molar-refractivity contribution in [3.8, 4) is 0 Å². The highest BCUT2D eigenvalue weighted by Crippen LogP contribution is 2.60. The zero-order valence-corrected chi connectivity index (χ0v) is 17.5. The van der Waals surface area contributed by atoms with Gasteiger partial charge in [-0.3, -0.25) is 0 Å². The van der Waals surface area contributed by atoms with Crippen LogP contribution in [0.2, 0.25) is 0 Å². The van der Waals surface area contributed by atoms with E-state index >= 15 is 0 Å². The van der Waals surface area contributed by atoms with Crippen LogP contribution in [0.3, 0.4) is 0 Å². The number of rotatable bonds is 4. The quantitative estimate of drug-likeness (QED) is 0.721. The lowest BCUT2D eigenvalue weighted by molar-refractivity contribution is 0.0468. The molecular weight excluding hydrogens is 370 g/mol. The third-order valence-corrected chi connectivity index (χ3v) is 7.95. The predicted octanol–water partition coefficient (Wildman–Crippen LogP) is 4.00. The minimum atomic E-state index is -0.464. The summed E-state index contributed by atoms with van der Waals surface area (Å²) in [6, 6.07) is 18.2. The van der Waals surface area contributed by atoms with E-state index in [1.54, 1.807) is 17.3 Å². The van der Waals surface area contributed by atoms with Crippen molar-refractivity contribution < 1.29 is 5.11 Å². The van der Waals surface area contributed by atoms with Gasteiger partial charge in [-0.25, -0.2) is 4.98 Å². The normalized spacial score (nSPS) is 26.5. The number of hydrogen-bond donors (Lipinski definition) is 1. The standard InChI is InChI=1S/C26H29N3O/c1-28-15-12-27-25(28)24(30)18-10-13-29(14-11-18)17-26-16-21(19-6-2-4-8-22(19)26)20-7-3-5-9-23(20)26/h2-9,12,15,18,21,24,30H,10-11,13-14,16-17H2,1H3/t21?,24-,26?/m0/s1. The van der Waals surface area contributed by atoms with Crippen molar-refractivity contribution in [3.05, 3.63) is 89.0 Å². The lowest BCUT2D eigenvalue weighted by atomic mass is 9.74. The van der Waals surface area contributed by atoms with Gasteiger partial charge in [-0.15, -0.1) is 0 Å². The van der Waals surface area contributed by atoms with Gasteiger partial charge in [-0.2, -0.15) is 0 Å². The Labute approximate surface area is 178 Å². The molecule has 1 saturated heterocycles. The number of benzene rings is 2. The lowest BCUT2D eigenvalue weighted by Gasteiger charge is -2.40. The van der Waals surface area contributed by atoms with Gasteiger partial charge in [0.15, 0.2) is 0 Å². The molecule has 2 aliphatic carbocycles. The molecule has 0 radical (unpaired) electrons. The number of aryl methyl sites for hydroxylation is 1. The van der Waals surface area contributed by atoms with Crippen molar-refractivity contribution in [1.29, 1.82) is 0 Å². The maximum atomic E-state index is 10.8. The van der Waals surface area contributed by atoms with Crippen LogP contribution in [0.4, 0.5) is 0 Å². The summed E-state index contributed by atoms with van der Waals surface area (Å²) in [5.41, 5.74) is 6.29. The second-order valence-corrected chi connectivity index (χ2v) is 9.47. The number of piperidine rings is 1. The molecule has 2 bridgehead atoms. The van der Waals surface area contributed by atoms with Crippen molar-refractivity contribution in [2.24, 2.45) is 13.0 Å². The highest BCUT2D eigenvalue weighted by molar-refractivity contribution is 5.62. The molecule has 1 aromatic heterocycles. The van der Waals surface area contributed by atoms with E-state index in [0.29, 0.717) is 11.8 Å². The number of imidazole rings is 1. The van der Waals surface area contributed by atoms with E-state index in [1.165, 1.54) is 17.5 Å². The average molecular weight is 400 g/mol. The number of hydrogen-bond acceptors (Lipinski definition) is 3.